The fourth-order valence-electron chi connectivity index (χ4n) is 3.19. The van der Waals surface area contributed by atoms with Crippen LogP contribution < -0.4 is 5.73 Å². The van der Waals surface area contributed by atoms with Gasteiger partial charge >= 0.3 is 5.97 Å². The van der Waals surface area contributed by atoms with Crippen LogP contribution in [-0.4, -0.2) is 30.6 Å². The van der Waals surface area contributed by atoms with Crippen LogP contribution in [0.5, 0.6) is 0 Å². The van der Waals surface area contributed by atoms with E-state index in [0.29, 0.717) is 17.2 Å². The minimum atomic E-state index is -0.309. The summed E-state index contributed by atoms with van der Waals surface area (Å²) in [6.45, 7) is 5.29. The Labute approximate surface area is 151 Å². The van der Waals surface area contributed by atoms with Crippen LogP contribution in [0.4, 0.5) is 5.00 Å². The van der Waals surface area contributed by atoms with E-state index >= 15 is 0 Å². The molecule has 24 heavy (non-hydrogen) atoms. The monoisotopic (exact) mass is 364 g/mol. The SMILES string of the molecule is CCOC(=O)c1c(N)sc(CN2CCCCCC2)c1-c1cccs1. The largest absolute Gasteiger partial charge is 0.462 e. The third-order valence-corrected chi connectivity index (χ3v) is 6.21. The van der Waals surface area contributed by atoms with Gasteiger partial charge in [-0.1, -0.05) is 18.9 Å². The molecule has 2 aromatic rings. The second-order valence-corrected chi connectivity index (χ2v) is 8.11. The highest BCUT2D eigenvalue weighted by molar-refractivity contribution is 7.18. The van der Waals surface area contributed by atoms with Crippen molar-refractivity contribution in [3.8, 4) is 10.4 Å². The quantitative estimate of drug-likeness (QED) is 0.787. The van der Waals surface area contributed by atoms with Gasteiger partial charge in [0.05, 0.1) is 6.61 Å². The molecule has 130 valence electrons. The minimum absolute atomic E-state index is 0.309. The Morgan fingerprint density at radius 3 is 2.67 bits per heavy atom. The van der Waals surface area contributed by atoms with E-state index in [0.717, 1.165) is 30.1 Å². The lowest BCUT2D eigenvalue weighted by molar-refractivity contribution is 0.0529. The molecule has 0 amide bonds. The van der Waals surface area contributed by atoms with E-state index in [1.165, 1.54) is 41.9 Å². The molecule has 2 N–H and O–H groups in total. The average molecular weight is 365 g/mol. The van der Waals surface area contributed by atoms with Crippen molar-refractivity contribution in [2.75, 3.05) is 25.4 Å². The fraction of sp³-hybridized carbons (Fsp3) is 0.500. The van der Waals surface area contributed by atoms with E-state index in [1.54, 1.807) is 11.3 Å². The Bertz CT molecular complexity index is 672. The van der Waals surface area contributed by atoms with Crippen molar-refractivity contribution in [3.05, 3.63) is 28.0 Å². The zero-order chi connectivity index (χ0) is 16.9. The summed E-state index contributed by atoms with van der Waals surface area (Å²) in [6.07, 6.45) is 5.13. The Morgan fingerprint density at radius 1 is 1.29 bits per heavy atom. The van der Waals surface area contributed by atoms with Crippen LogP contribution >= 0.6 is 22.7 Å². The van der Waals surface area contributed by atoms with Gasteiger partial charge in [-0.2, -0.15) is 0 Å². The molecule has 1 saturated heterocycles. The molecule has 0 radical (unpaired) electrons. The van der Waals surface area contributed by atoms with Gasteiger partial charge in [-0.05, 0) is 44.3 Å². The molecule has 0 saturated carbocycles. The molecule has 0 aromatic carbocycles. The molecule has 1 fully saturated rings. The number of esters is 1. The van der Waals surface area contributed by atoms with Gasteiger partial charge in [0.15, 0.2) is 0 Å². The number of thiophene rings is 2. The molecule has 6 heteroatoms. The van der Waals surface area contributed by atoms with Crippen molar-refractivity contribution >= 4 is 33.6 Å². The lowest BCUT2D eigenvalue weighted by Crippen LogP contribution is -2.23. The van der Waals surface area contributed by atoms with Crippen LogP contribution in [0.2, 0.25) is 0 Å². The molecule has 1 aliphatic heterocycles. The van der Waals surface area contributed by atoms with Crippen LogP contribution in [0.1, 0.15) is 47.8 Å². The summed E-state index contributed by atoms with van der Waals surface area (Å²) in [5.41, 5.74) is 7.75. The smallest absolute Gasteiger partial charge is 0.341 e. The number of hydrogen-bond donors (Lipinski definition) is 1. The number of anilines is 1. The van der Waals surface area contributed by atoms with E-state index in [4.69, 9.17) is 10.5 Å². The maximum atomic E-state index is 12.4. The first-order valence-electron chi connectivity index (χ1n) is 8.55. The number of likely N-dealkylation sites (tertiary alicyclic amines) is 1. The summed E-state index contributed by atoms with van der Waals surface area (Å²) in [5, 5.41) is 2.61. The van der Waals surface area contributed by atoms with E-state index in [9.17, 15) is 4.79 Å². The number of ether oxygens (including phenoxy) is 1. The summed E-state index contributed by atoms with van der Waals surface area (Å²) < 4.78 is 5.25. The van der Waals surface area contributed by atoms with Crippen molar-refractivity contribution < 1.29 is 9.53 Å². The fourth-order valence-corrected chi connectivity index (χ4v) is 5.18. The number of carbonyl (C=O) groups is 1. The van der Waals surface area contributed by atoms with E-state index < -0.39 is 0 Å². The van der Waals surface area contributed by atoms with E-state index in [-0.39, 0.29) is 5.97 Å². The predicted octanol–water partition coefficient (Wildman–Crippen LogP) is 4.61. The van der Waals surface area contributed by atoms with Gasteiger partial charge in [0.2, 0.25) is 0 Å². The highest BCUT2D eigenvalue weighted by atomic mass is 32.1. The van der Waals surface area contributed by atoms with E-state index in [2.05, 4.69) is 11.0 Å². The minimum Gasteiger partial charge on any atom is -0.462 e. The van der Waals surface area contributed by atoms with Crippen molar-refractivity contribution in [2.24, 2.45) is 0 Å². The number of nitrogens with zero attached hydrogens (tertiary/aromatic N) is 1. The highest BCUT2D eigenvalue weighted by Crippen LogP contribution is 2.41. The number of nitrogen functional groups attached to an aromatic ring is 1. The van der Waals surface area contributed by atoms with Gasteiger partial charge in [-0.25, -0.2) is 4.79 Å². The Morgan fingerprint density at radius 2 is 2.04 bits per heavy atom. The summed E-state index contributed by atoms with van der Waals surface area (Å²) in [7, 11) is 0. The molecular formula is C18H24N2O2S2. The number of hydrogen-bond acceptors (Lipinski definition) is 6. The molecule has 3 rings (SSSR count). The molecule has 3 heterocycles. The molecular weight excluding hydrogens is 340 g/mol. The first-order valence-corrected chi connectivity index (χ1v) is 10.2. The average Bonchev–Trinajstić information content (AvgIpc) is 3.10. The summed E-state index contributed by atoms with van der Waals surface area (Å²) in [6, 6.07) is 4.07. The van der Waals surface area contributed by atoms with Crippen molar-refractivity contribution in [2.45, 2.75) is 39.2 Å². The van der Waals surface area contributed by atoms with Gasteiger partial charge < -0.3 is 10.5 Å². The lowest BCUT2D eigenvalue weighted by Gasteiger charge is -2.19. The Kier molecular flexibility index (Phi) is 5.92. The third-order valence-electron chi connectivity index (χ3n) is 4.32. The van der Waals surface area contributed by atoms with Crippen LogP contribution in [0, 0.1) is 0 Å². The highest BCUT2D eigenvalue weighted by Gasteiger charge is 2.26. The van der Waals surface area contributed by atoms with Gasteiger partial charge in [0.25, 0.3) is 0 Å². The normalized spacial score (nSPS) is 16.0. The van der Waals surface area contributed by atoms with E-state index in [1.807, 2.05) is 18.4 Å². The molecule has 0 aliphatic carbocycles. The summed E-state index contributed by atoms with van der Waals surface area (Å²) in [4.78, 5) is 17.2. The number of rotatable bonds is 5. The third kappa shape index (κ3) is 3.82. The zero-order valence-electron chi connectivity index (χ0n) is 14.0. The molecule has 1 aliphatic rings. The molecule has 0 spiro atoms. The topological polar surface area (TPSA) is 55.6 Å². The number of carbonyl (C=O) groups excluding carboxylic acids is 1. The van der Waals surface area contributed by atoms with Crippen LogP contribution in [0.3, 0.4) is 0 Å². The molecule has 2 aromatic heterocycles. The van der Waals surface area contributed by atoms with Crippen LogP contribution in [-0.2, 0) is 11.3 Å². The number of nitrogens with two attached hydrogens (primary N) is 1. The first-order chi connectivity index (χ1) is 11.7. The first kappa shape index (κ1) is 17.5. The van der Waals surface area contributed by atoms with Crippen molar-refractivity contribution in [1.29, 1.82) is 0 Å². The van der Waals surface area contributed by atoms with Crippen LogP contribution in [0.15, 0.2) is 17.5 Å². The predicted molar refractivity (Wildman–Crippen MR) is 102 cm³/mol. The Balaban J connectivity index is 1.96. The van der Waals surface area contributed by atoms with Gasteiger partial charge in [0, 0.05) is 21.9 Å². The molecule has 0 atom stereocenters. The zero-order valence-corrected chi connectivity index (χ0v) is 15.7. The van der Waals surface area contributed by atoms with Crippen molar-refractivity contribution in [3.63, 3.8) is 0 Å². The molecule has 4 nitrogen and oxygen atoms in total. The Hall–Kier alpha value is -1.37. The van der Waals surface area contributed by atoms with Gasteiger partial charge in [0.1, 0.15) is 10.6 Å². The van der Waals surface area contributed by atoms with Crippen molar-refractivity contribution in [1.82, 2.24) is 4.90 Å². The summed E-state index contributed by atoms with van der Waals surface area (Å²) >= 11 is 3.18. The summed E-state index contributed by atoms with van der Waals surface area (Å²) in [5.74, 6) is -0.309. The molecule has 0 unspecified atom stereocenters. The maximum absolute atomic E-state index is 12.4. The van der Waals surface area contributed by atoms with Crippen LogP contribution in [0.25, 0.3) is 10.4 Å². The lowest BCUT2D eigenvalue weighted by atomic mass is 10.1. The van der Waals surface area contributed by atoms with Gasteiger partial charge in [-0.3, -0.25) is 4.90 Å². The standard InChI is InChI=1S/C18H24N2O2S2/c1-2-22-18(21)16-15(13-8-7-11-23-13)14(24-17(16)19)12-20-9-5-3-4-6-10-20/h7-8,11H,2-6,9-10,12,19H2,1H3. The molecule has 0 bridgehead atoms. The van der Waals surface area contributed by atoms with Gasteiger partial charge in [-0.15, -0.1) is 22.7 Å². The second-order valence-electron chi connectivity index (χ2n) is 6.03. The maximum Gasteiger partial charge on any atom is 0.341 e. The second kappa shape index (κ2) is 8.14.